The van der Waals surface area contributed by atoms with Gasteiger partial charge in [0.25, 0.3) is 0 Å². The molecule has 7 heteroatoms. The third-order valence-electron chi connectivity index (χ3n) is 2.47. The summed E-state index contributed by atoms with van der Waals surface area (Å²) in [7, 11) is 0. The van der Waals surface area contributed by atoms with E-state index in [4.69, 9.17) is 27.2 Å². The molecule has 0 fully saturated rings. The molecule has 1 atom stereocenters. The average molecular weight is 299 g/mol. The molecule has 0 heterocycles. The molecular weight excluding hydrogens is 270 g/mol. The zero-order valence-electron chi connectivity index (χ0n) is 11.9. The Morgan fingerprint density at radius 1 is 1.06 bits per heavy atom. The third kappa shape index (κ3) is 7.81. The van der Waals surface area contributed by atoms with Crippen LogP contribution in [0.4, 0.5) is 0 Å². The van der Waals surface area contributed by atoms with Gasteiger partial charge in [-0.05, 0) is 0 Å². The van der Waals surface area contributed by atoms with Gasteiger partial charge in [0.1, 0.15) is 0 Å². The van der Waals surface area contributed by atoms with Crippen molar-refractivity contribution in [2.45, 2.75) is 50.6 Å². The van der Waals surface area contributed by atoms with Gasteiger partial charge in [0.2, 0.25) is 0 Å². The van der Waals surface area contributed by atoms with Crippen molar-refractivity contribution in [2.24, 2.45) is 17.2 Å². The molecule has 6 N–H and O–H groups in total. The van der Waals surface area contributed by atoms with Crippen LogP contribution in [0.5, 0.6) is 0 Å². The van der Waals surface area contributed by atoms with Crippen LogP contribution in [0, 0.1) is 0 Å². The van der Waals surface area contributed by atoms with Gasteiger partial charge in [-0.15, -0.1) is 0 Å². The normalized spacial score (nSPS) is 14.2. The van der Waals surface area contributed by atoms with E-state index >= 15 is 0 Å². The van der Waals surface area contributed by atoms with E-state index in [2.05, 4.69) is 0 Å². The fraction of sp³-hybridized carbons (Fsp3) is 1.00. The van der Waals surface area contributed by atoms with Gasteiger partial charge < -0.3 is 0 Å². The van der Waals surface area contributed by atoms with Crippen LogP contribution in [0.15, 0.2) is 0 Å². The second-order valence-corrected chi connectivity index (χ2v) is 8.44. The van der Waals surface area contributed by atoms with Crippen molar-refractivity contribution in [3.05, 3.63) is 0 Å². The summed E-state index contributed by atoms with van der Waals surface area (Å²) in [6.45, 7) is 7.63. The molecule has 0 aliphatic heterocycles. The molecule has 0 spiro atoms. The molecule has 0 aliphatic carbocycles. The van der Waals surface area contributed by atoms with Crippen molar-refractivity contribution in [1.82, 2.24) is 0 Å². The summed E-state index contributed by atoms with van der Waals surface area (Å²) < 4.78 is 18.4. The van der Waals surface area contributed by atoms with Crippen LogP contribution in [0.25, 0.3) is 0 Å². The molecule has 0 aromatic heterocycles. The molecule has 0 amide bonds. The Morgan fingerprint density at radius 2 is 1.61 bits per heavy atom. The van der Waals surface area contributed by atoms with E-state index in [1.54, 1.807) is 0 Å². The second kappa shape index (κ2) is 10.3. The second-order valence-electron chi connectivity index (χ2n) is 4.26. The molecule has 110 valence electrons. The van der Waals surface area contributed by atoms with Crippen molar-refractivity contribution in [3.8, 4) is 0 Å². The van der Waals surface area contributed by atoms with Crippen molar-refractivity contribution in [1.29, 1.82) is 0 Å². The van der Waals surface area contributed by atoms with Gasteiger partial charge in [0, 0.05) is 0 Å². The summed E-state index contributed by atoms with van der Waals surface area (Å²) in [4.78, 5) is 0. The van der Waals surface area contributed by atoms with Crippen LogP contribution in [-0.2, 0) is 27.7 Å². The van der Waals surface area contributed by atoms with E-state index in [1.165, 1.54) is 0 Å². The van der Waals surface area contributed by atoms with Crippen molar-refractivity contribution < 1.29 is 27.7 Å². The van der Waals surface area contributed by atoms with E-state index in [9.17, 15) is 0 Å². The van der Waals surface area contributed by atoms with Crippen molar-refractivity contribution in [3.63, 3.8) is 0 Å². The Bertz CT molecular complexity index is 202. The SMILES string of the molecule is CC[O][Ti]([CH2]CC(N)N)([O]CC)[O]C(C)CCN. The summed E-state index contributed by atoms with van der Waals surface area (Å²) in [6, 6.07) is 0. The fourth-order valence-corrected chi connectivity index (χ4v) is 6.26. The van der Waals surface area contributed by atoms with Gasteiger partial charge in [-0.25, -0.2) is 0 Å². The van der Waals surface area contributed by atoms with Crippen LogP contribution in [0.1, 0.15) is 33.6 Å². The standard InChI is InChI=1S/C4H10NO.C3H9N2.2C2H5O.Ti/c1-4(6)2-3-5;1-2-3(4)5;2*1-2-3;/h4H,2-3,5H2,1H3;3H,1-2,4-5H2;2*2H2,1H3;/q-1;;2*-1;+3. The Morgan fingerprint density at radius 3 is 2.00 bits per heavy atom. The molecule has 0 aliphatic rings. The molecule has 0 saturated carbocycles. The topological polar surface area (TPSA) is 106 Å². The Hall–Kier alpha value is 0.474. The Labute approximate surface area is 115 Å². The summed E-state index contributed by atoms with van der Waals surface area (Å²) in [5, 5.41) is 0. The predicted molar refractivity (Wildman–Crippen MR) is 69.1 cm³/mol. The number of rotatable bonds is 11. The van der Waals surface area contributed by atoms with Crippen molar-refractivity contribution in [2.75, 3.05) is 19.8 Å². The minimum atomic E-state index is -3.24. The maximum absolute atomic E-state index is 6.06. The van der Waals surface area contributed by atoms with Gasteiger partial charge in [0.15, 0.2) is 0 Å². The monoisotopic (exact) mass is 299 g/mol. The van der Waals surface area contributed by atoms with Crippen LogP contribution in [-0.4, -0.2) is 32.0 Å². The summed E-state index contributed by atoms with van der Waals surface area (Å²) in [5.41, 5.74) is 16.7. The summed E-state index contributed by atoms with van der Waals surface area (Å²) in [5.74, 6) is 0. The van der Waals surface area contributed by atoms with Gasteiger partial charge in [-0.1, -0.05) is 0 Å². The first-order valence-electron chi connectivity index (χ1n) is 6.66. The van der Waals surface area contributed by atoms with Crippen LogP contribution < -0.4 is 17.2 Å². The van der Waals surface area contributed by atoms with Crippen LogP contribution in [0.2, 0.25) is 4.73 Å². The van der Waals surface area contributed by atoms with E-state index in [0.29, 0.717) is 30.9 Å². The quantitative estimate of drug-likeness (QED) is 0.384. The molecule has 0 bridgehead atoms. The van der Waals surface area contributed by atoms with Gasteiger partial charge in [0.05, 0.1) is 0 Å². The maximum atomic E-state index is 6.06. The minimum absolute atomic E-state index is 0.0436. The molecule has 1 unspecified atom stereocenters. The molecule has 18 heavy (non-hydrogen) atoms. The predicted octanol–water partition coefficient (Wildman–Crippen LogP) is 0.764. The first-order chi connectivity index (χ1) is 8.49. The van der Waals surface area contributed by atoms with E-state index in [0.717, 1.165) is 6.42 Å². The third-order valence-corrected chi connectivity index (χ3v) is 7.34. The summed E-state index contributed by atoms with van der Waals surface area (Å²) in [6.07, 6.45) is 1.13. The Kier molecular flexibility index (Phi) is 10.6. The van der Waals surface area contributed by atoms with E-state index in [-0.39, 0.29) is 12.3 Å². The van der Waals surface area contributed by atoms with Gasteiger partial charge >= 0.3 is 115 Å². The molecule has 6 nitrogen and oxygen atoms in total. The van der Waals surface area contributed by atoms with E-state index < -0.39 is 17.8 Å². The molecule has 0 radical (unpaired) electrons. The molecule has 0 rings (SSSR count). The molecule has 0 saturated heterocycles. The van der Waals surface area contributed by atoms with Crippen molar-refractivity contribution >= 4 is 0 Å². The number of hydrogen-bond donors (Lipinski definition) is 3. The molecule has 0 aromatic rings. The molecular formula is C11H29N3O3Ti. The average Bonchev–Trinajstić information content (AvgIpc) is 2.27. The zero-order chi connectivity index (χ0) is 14.0. The van der Waals surface area contributed by atoms with Gasteiger partial charge in [-0.2, -0.15) is 0 Å². The first kappa shape index (κ1) is 18.5. The van der Waals surface area contributed by atoms with E-state index in [1.807, 2.05) is 20.8 Å². The first-order valence-corrected chi connectivity index (χ1v) is 9.68. The number of nitrogens with two attached hydrogens (primary N) is 3. The van der Waals surface area contributed by atoms with Crippen LogP contribution in [0.3, 0.4) is 0 Å². The van der Waals surface area contributed by atoms with Crippen LogP contribution >= 0.6 is 0 Å². The Balaban J connectivity index is 4.60. The summed E-state index contributed by atoms with van der Waals surface area (Å²) >= 11 is -3.24. The van der Waals surface area contributed by atoms with Gasteiger partial charge in [-0.3, -0.25) is 0 Å². The molecule has 0 aromatic carbocycles. The fourth-order valence-electron chi connectivity index (χ4n) is 1.70. The number of hydrogen-bond acceptors (Lipinski definition) is 6. The zero-order valence-corrected chi connectivity index (χ0v) is 13.4.